The standard InChI is InChI=1S/C16H22N4O4S/c1-2-10-25(21,22)20-9-3-4-14(11-20)23-12-15-18-16(24-19-15)13-5-7-17-8-6-13/h5-8,14H,2-4,9-12H2,1H3. The van der Waals surface area contributed by atoms with Gasteiger partial charge in [-0.1, -0.05) is 12.1 Å². The average molecular weight is 366 g/mol. The first-order valence-corrected chi connectivity index (χ1v) is 10.0. The van der Waals surface area contributed by atoms with Crippen LogP contribution in [0.4, 0.5) is 0 Å². The van der Waals surface area contributed by atoms with Crippen molar-refractivity contribution in [1.82, 2.24) is 19.4 Å². The first kappa shape index (κ1) is 18.0. The second kappa shape index (κ2) is 8.03. The maximum absolute atomic E-state index is 12.2. The van der Waals surface area contributed by atoms with Crippen LogP contribution in [-0.2, 0) is 21.4 Å². The molecule has 0 amide bonds. The van der Waals surface area contributed by atoms with Crippen molar-refractivity contribution >= 4 is 10.0 Å². The van der Waals surface area contributed by atoms with Gasteiger partial charge in [-0.3, -0.25) is 4.98 Å². The third-order valence-electron chi connectivity index (χ3n) is 4.04. The molecule has 2 aromatic rings. The number of hydrogen-bond donors (Lipinski definition) is 0. The zero-order valence-corrected chi connectivity index (χ0v) is 15.0. The fourth-order valence-corrected chi connectivity index (χ4v) is 4.37. The lowest BCUT2D eigenvalue weighted by Gasteiger charge is -2.31. The Morgan fingerprint density at radius 1 is 1.36 bits per heavy atom. The molecule has 3 heterocycles. The summed E-state index contributed by atoms with van der Waals surface area (Å²) < 4.78 is 37.0. The van der Waals surface area contributed by atoms with Crippen LogP contribution in [-0.4, -0.2) is 52.8 Å². The van der Waals surface area contributed by atoms with Crippen molar-refractivity contribution < 1.29 is 17.7 Å². The Balaban J connectivity index is 1.56. The number of sulfonamides is 1. The van der Waals surface area contributed by atoms with Crippen LogP contribution in [0.2, 0.25) is 0 Å². The van der Waals surface area contributed by atoms with Gasteiger partial charge in [-0.15, -0.1) is 0 Å². The summed E-state index contributed by atoms with van der Waals surface area (Å²) in [5, 5.41) is 3.91. The maximum Gasteiger partial charge on any atom is 0.258 e. The van der Waals surface area contributed by atoms with E-state index in [2.05, 4.69) is 15.1 Å². The molecule has 1 atom stereocenters. The largest absolute Gasteiger partial charge is 0.369 e. The Bertz CT molecular complexity index is 778. The summed E-state index contributed by atoms with van der Waals surface area (Å²) in [6.07, 6.45) is 5.40. The van der Waals surface area contributed by atoms with Gasteiger partial charge in [-0.05, 0) is 31.4 Å². The summed E-state index contributed by atoms with van der Waals surface area (Å²) in [5.41, 5.74) is 0.795. The fraction of sp³-hybridized carbons (Fsp3) is 0.562. The second-order valence-electron chi connectivity index (χ2n) is 6.00. The van der Waals surface area contributed by atoms with Crippen molar-refractivity contribution in [2.45, 2.75) is 38.9 Å². The number of piperidine rings is 1. The molecule has 1 unspecified atom stereocenters. The first-order valence-electron chi connectivity index (χ1n) is 8.41. The van der Waals surface area contributed by atoms with E-state index in [9.17, 15) is 8.42 Å². The van der Waals surface area contributed by atoms with E-state index in [4.69, 9.17) is 9.26 Å². The summed E-state index contributed by atoms with van der Waals surface area (Å²) >= 11 is 0. The van der Waals surface area contributed by atoms with Crippen molar-refractivity contribution in [3.8, 4) is 11.5 Å². The Kier molecular flexibility index (Phi) is 5.77. The summed E-state index contributed by atoms with van der Waals surface area (Å²) in [6.45, 7) is 3.01. The number of hydrogen-bond acceptors (Lipinski definition) is 7. The molecule has 136 valence electrons. The van der Waals surface area contributed by atoms with E-state index in [-0.39, 0.29) is 18.5 Å². The fourth-order valence-electron chi connectivity index (χ4n) is 2.80. The van der Waals surface area contributed by atoms with Gasteiger partial charge in [-0.25, -0.2) is 8.42 Å². The van der Waals surface area contributed by atoms with E-state index in [1.165, 1.54) is 4.31 Å². The van der Waals surface area contributed by atoms with E-state index < -0.39 is 10.0 Å². The molecule has 1 saturated heterocycles. The molecule has 1 fully saturated rings. The normalized spacial score (nSPS) is 19.2. The summed E-state index contributed by atoms with van der Waals surface area (Å²) in [6, 6.07) is 3.57. The number of pyridine rings is 1. The zero-order valence-electron chi connectivity index (χ0n) is 14.2. The van der Waals surface area contributed by atoms with E-state index >= 15 is 0 Å². The van der Waals surface area contributed by atoms with Crippen molar-refractivity contribution in [1.29, 1.82) is 0 Å². The number of rotatable bonds is 7. The quantitative estimate of drug-likeness (QED) is 0.737. The molecule has 9 heteroatoms. The van der Waals surface area contributed by atoms with E-state index in [1.54, 1.807) is 24.5 Å². The first-order chi connectivity index (χ1) is 12.1. The topological polar surface area (TPSA) is 98.4 Å². The molecule has 0 radical (unpaired) electrons. The van der Waals surface area contributed by atoms with E-state index in [0.29, 0.717) is 31.2 Å². The third kappa shape index (κ3) is 4.62. The van der Waals surface area contributed by atoms with Crippen LogP contribution >= 0.6 is 0 Å². The Hall–Kier alpha value is -1.84. The van der Waals surface area contributed by atoms with Gasteiger partial charge in [0.05, 0.1) is 11.9 Å². The lowest BCUT2D eigenvalue weighted by atomic mass is 10.1. The van der Waals surface area contributed by atoms with Gasteiger partial charge in [0, 0.05) is 31.0 Å². The van der Waals surface area contributed by atoms with Crippen LogP contribution in [0.15, 0.2) is 29.0 Å². The van der Waals surface area contributed by atoms with E-state index in [0.717, 1.165) is 18.4 Å². The molecular formula is C16H22N4O4S. The van der Waals surface area contributed by atoms with Gasteiger partial charge in [0.1, 0.15) is 6.61 Å². The highest BCUT2D eigenvalue weighted by molar-refractivity contribution is 7.89. The lowest BCUT2D eigenvalue weighted by molar-refractivity contribution is 0.00439. The molecular weight excluding hydrogens is 344 g/mol. The molecule has 2 aromatic heterocycles. The summed E-state index contributed by atoms with van der Waals surface area (Å²) in [4.78, 5) is 8.25. The molecule has 0 N–H and O–H groups in total. The van der Waals surface area contributed by atoms with Crippen molar-refractivity contribution in [3.05, 3.63) is 30.4 Å². The van der Waals surface area contributed by atoms with Gasteiger partial charge in [0.25, 0.3) is 5.89 Å². The predicted molar refractivity (Wildman–Crippen MR) is 91.0 cm³/mol. The highest BCUT2D eigenvalue weighted by Crippen LogP contribution is 2.19. The highest BCUT2D eigenvalue weighted by Gasteiger charge is 2.28. The molecule has 0 aromatic carbocycles. The smallest absolute Gasteiger partial charge is 0.258 e. The second-order valence-corrected chi connectivity index (χ2v) is 8.09. The predicted octanol–water partition coefficient (Wildman–Crippen LogP) is 1.85. The van der Waals surface area contributed by atoms with Gasteiger partial charge in [0.2, 0.25) is 10.0 Å². The average Bonchev–Trinajstić information content (AvgIpc) is 3.10. The van der Waals surface area contributed by atoms with Crippen LogP contribution in [0.1, 0.15) is 32.0 Å². The molecule has 0 bridgehead atoms. The van der Waals surface area contributed by atoms with Crippen molar-refractivity contribution in [3.63, 3.8) is 0 Å². The zero-order chi connectivity index (χ0) is 17.7. The van der Waals surface area contributed by atoms with Gasteiger partial charge >= 0.3 is 0 Å². The highest BCUT2D eigenvalue weighted by atomic mass is 32.2. The Labute approximate surface area is 147 Å². The molecule has 3 rings (SSSR count). The summed E-state index contributed by atoms with van der Waals surface area (Å²) in [5.74, 6) is 1.04. The third-order valence-corrected chi connectivity index (χ3v) is 6.08. The van der Waals surface area contributed by atoms with Crippen molar-refractivity contribution in [2.24, 2.45) is 0 Å². The Morgan fingerprint density at radius 3 is 2.92 bits per heavy atom. The van der Waals surface area contributed by atoms with Gasteiger partial charge < -0.3 is 9.26 Å². The molecule has 8 nitrogen and oxygen atoms in total. The molecule has 0 saturated carbocycles. The molecule has 0 aliphatic carbocycles. The van der Waals surface area contributed by atoms with Crippen LogP contribution < -0.4 is 0 Å². The van der Waals surface area contributed by atoms with Crippen LogP contribution in [0, 0.1) is 0 Å². The monoisotopic (exact) mass is 366 g/mol. The maximum atomic E-state index is 12.2. The molecule has 1 aliphatic rings. The molecule has 25 heavy (non-hydrogen) atoms. The number of ether oxygens (including phenoxy) is 1. The molecule has 1 aliphatic heterocycles. The van der Waals surface area contributed by atoms with Gasteiger partial charge in [-0.2, -0.15) is 9.29 Å². The van der Waals surface area contributed by atoms with Gasteiger partial charge in [0.15, 0.2) is 5.82 Å². The lowest BCUT2D eigenvalue weighted by Crippen LogP contribution is -2.44. The van der Waals surface area contributed by atoms with E-state index in [1.807, 2.05) is 6.92 Å². The van der Waals surface area contributed by atoms with Crippen molar-refractivity contribution in [2.75, 3.05) is 18.8 Å². The van der Waals surface area contributed by atoms with Crippen LogP contribution in [0.5, 0.6) is 0 Å². The van der Waals surface area contributed by atoms with Crippen LogP contribution in [0.3, 0.4) is 0 Å². The minimum Gasteiger partial charge on any atom is -0.369 e. The number of aromatic nitrogens is 3. The van der Waals surface area contributed by atoms with Crippen LogP contribution in [0.25, 0.3) is 11.5 Å². The Morgan fingerprint density at radius 2 is 2.16 bits per heavy atom. The summed E-state index contributed by atoms with van der Waals surface area (Å²) in [7, 11) is -3.18. The molecule has 0 spiro atoms. The SMILES string of the molecule is CCCS(=O)(=O)N1CCCC(OCc2noc(-c3ccncc3)n2)C1. The number of nitrogens with zero attached hydrogens (tertiary/aromatic N) is 4. The minimum atomic E-state index is -3.18. The minimum absolute atomic E-state index is 0.150.